The molecule has 0 aromatic carbocycles. The van der Waals surface area contributed by atoms with Crippen LogP contribution in [0.3, 0.4) is 0 Å². The second-order valence-corrected chi connectivity index (χ2v) is 6.65. The van der Waals surface area contributed by atoms with E-state index < -0.39 is 43.6 Å². The predicted molar refractivity (Wildman–Crippen MR) is 117 cm³/mol. The largest absolute Gasteiger partial charge is 0.457 e. The topological polar surface area (TPSA) is 127 Å². The molecule has 0 heterocycles. The van der Waals surface area contributed by atoms with Gasteiger partial charge in [-0.05, 0) is 25.7 Å². The first kappa shape index (κ1) is 28.0. The molecule has 0 aliphatic carbocycles. The summed E-state index contributed by atoms with van der Waals surface area (Å²) >= 11 is 0. The average Bonchev–Trinajstić information content (AvgIpc) is 2.73. The second-order valence-electron chi connectivity index (χ2n) is 6.65. The van der Waals surface area contributed by atoms with Gasteiger partial charge in [0.25, 0.3) is 0 Å². The Bertz CT molecular complexity index is 574. The maximum atomic E-state index is 11.5. The molecule has 0 aromatic heterocycles. The number of ether oxygens (including phenoxy) is 1. The van der Waals surface area contributed by atoms with E-state index in [1.165, 1.54) is 6.08 Å². The van der Waals surface area contributed by atoms with Crippen LogP contribution < -0.4 is 0 Å². The summed E-state index contributed by atoms with van der Waals surface area (Å²) < 4.78 is 4.81. The van der Waals surface area contributed by atoms with Crippen molar-refractivity contribution >= 4 is 5.97 Å². The number of aliphatic hydroxyl groups is 5. The zero-order chi connectivity index (χ0) is 22.6. The number of rotatable bonds is 16. The molecule has 30 heavy (non-hydrogen) atoms. The summed E-state index contributed by atoms with van der Waals surface area (Å²) in [6, 6.07) is 0. The summed E-state index contributed by atoms with van der Waals surface area (Å²) in [5.74, 6) is -0.575. The number of hydrogen-bond donors (Lipinski definition) is 5. The van der Waals surface area contributed by atoms with Gasteiger partial charge >= 0.3 is 5.97 Å². The van der Waals surface area contributed by atoms with E-state index in [1.54, 1.807) is 42.5 Å². The van der Waals surface area contributed by atoms with Gasteiger partial charge in [0.2, 0.25) is 0 Å². The molecule has 0 aliphatic rings. The molecular formula is C23H36O7. The number of aliphatic hydroxyl groups excluding tert-OH is 5. The van der Waals surface area contributed by atoms with Crippen LogP contribution in [-0.2, 0) is 9.53 Å². The number of carbonyl (C=O) groups is 1. The fourth-order valence-electron chi connectivity index (χ4n) is 2.24. The van der Waals surface area contributed by atoms with E-state index >= 15 is 0 Å². The molecule has 0 unspecified atom stereocenters. The molecule has 5 N–H and O–H groups in total. The molecule has 0 saturated carbocycles. The Morgan fingerprint density at radius 3 is 2.10 bits per heavy atom. The third-order valence-corrected chi connectivity index (χ3v) is 3.96. The van der Waals surface area contributed by atoms with Crippen LogP contribution >= 0.6 is 0 Å². The van der Waals surface area contributed by atoms with Gasteiger partial charge in [-0.2, -0.15) is 0 Å². The van der Waals surface area contributed by atoms with E-state index in [-0.39, 0.29) is 12.8 Å². The maximum Gasteiger partial charge on any atom is 0.306 e. The van der Waals surface area contributed by atoms with Crippen LogP contribution in [0.2, 0.25) is 0 Å². The van der Waals surface area contributed by atoms with Gasteiger partial charge in [-0.1, -0.05) is 67.7 Å². The Hall–Kier alpha value is -2.03. The highest BCUT2D eigenvalue weighted by Crippen LogP contribution is 2.08. The molecular weight excluding hydrogens is 388 g/mol. The summed E-state index contributed by atoms with van der Waals surface area (Å²) in [7, 11) is 0. The van der Waals surface area contributed by atoms with Gasteiger partial charge in [-0.3, -0.25) is 4.79 Å². The molecule has 0 amide bonds. The third-order valence-electron chi connectivity index (χ3n) is 3.96. The monoisotopic (exact) mass is 424 g/mol. The number of esters is 1. The number of allylic oxidation sites excluding steroid dienone is 7. The lowest BCUT2D eigenvalue weighted by atomic mass is 10.1. The van der Waals surface area contributed by atoms with Gasteiger partial charge in [0.05, 0.1) is 31.5 Å². The predicted octanol–water partition coefficient (Wildman–Crippen LogP) is 1.72. The zero-order valence-electron chi connectivity index (χ0n) is 17.6. The number of hydrogen-bond acceptors (Lipinski definition) is 7. The minimum atomic E-state index is -1.07. The highest BCUT2D eigenvalue weighted by molar-refractivity contribution is 5.69. The average molecular weight is 425 g/mol. The molecule has 3 atom stereocenters. The van der Waals surface area contributed by atoms with Crippen molar-refractivity contribution in [1.82, 2.24) is 0 Å². The highest BCUT2D eigenvalue weighted by Gasteiger charge is 2.15. The highest BCUT2D eigenvalue weighted by atomic mass is 16.6. The molecule has 0 spiro atoms. The first-order valence-electron chi connectivity index (χ1n) is 10.2. The first-order chi connectivity index (χ1) is 14.4. The van der Waals surface area contributed by atoms with Crippen LogP contribution in [0.15, 0.2) is 60.8 Å². The summed E-state index contributed by atoms with van der Waals surface area (Å²) in [5, 5.41) is 47.1. The van der Waals surface area contributed by atoms with Gasteiger partial charge in [-0.25, -0.2) is 0 Å². The minimum Gasteiger partial charge on any atom is -0.457 e. The van der Waals surface area contributed by atoms with Crippen molar-refractivity contribution in [3.05, 3.63) is 60.8 Å². The Morgan fingerprint density at radius 2 is 1.50 bits per heavy atom. The fraction of sp³-hybridized carbons (Fsp3) is 0.522. The van der Waals surface area contributed by atoms with Crippen molar-refractivity contribution < 1.29 is 35.1 Å². The van der Waals surface area contributed by atoms with Crippen LogP contribution in [0.5, 0.6) is 0 Å². The Kier molecular flexibility index (Phi) is 17.7. The van der Waals surface area contributed by atoms with E-state index in [2.05, 4.69) is 0 Å². The lowest BCUT2D eigenvalue weighted by Crippen LogP contribution is -2.26. The Morgan fingerprint density at radius 1 is 0.900 bits per heavy atom. The molecule has 0 fully saturated rings. The standard InChI is InChI=1S/C23H36O7/c1-2-3-8-12-19(26)13-9-6-4-5-7-10-14-21(27)22(28)15-11-16-23(29)30-20(17-24)18-25/h3-10,13-14,19-22,24-28H,2,11-12,15-18H2,1H3/b6-4+,7-5-,8-3-,13-9+,14-10-/t19-,21+,22+/m0/s1. The van der Waals surface area contributed by atoms with E-state index in [4.69, 9.17) is 14.9 Å². The number of carbonyl (C=O) groups excluding carboxylic acids is 1. The van der Waals surface area contributed by atoms with Crippen molar-refractivity contribution in [2.24, 2.45) is 0 Å². The van der Waals surface area contributed by atoms with Gasteiger partial charge < -0.3 is 30.3 Å². The Labute approximate surface area is 179 Å². The molecule has 0 saturated heterocycles. The third kappa shape index (κ3) is 15.8. The van der Waals surface area contributed by atoms with Gasteiger partial charge in [-0.15, -0.1) is 0 Å². The van der Waals surface area contributed by atoms with Crippen LogP contribution in [0, 0.1) is 0 Å². The lowest BCUT2D eigenvalue weighted by molar-refractivity contribution is -0.153. The molecule has 7 nitrogen and oxygen atoms in total. The van der Waals surface area contributed by atoms with Gasteiger partial charge in [0, 0.05) is 6.42 Å². The van der Waals surface area contributed by atoms with Crippen molar-refractivity contribution in [3.63, 3.8) is 0 Å². The first-order valence-corrected chi connectivity index (χ1v) is 10.2. The van der Waals surface area contributed by atoms with E-state index in [0.29, 0.717) is 12.8 Å². The smallest absolute Gasteiger partial charge is 0.306 e. The molecule has 7 heteroatoms. The molecule has 0 aliphatic heterocycles. The summed E-state index contributed by atoms with van der Waals surface area (Å²) in [5.41, 5.74) is 0. The van der Waals surface area contributed by atoms with Crippen LogP contribution in [-0.4, -0.2) is 69.1 Å². The van der Waals surface area contributed by atoms with Crippen LogP contribution in [0.1, 0.15) is 39.0 Å². The van der Waals surface area contributed by atoms with Crippen molar-refractivity contribution in [1.29, 1.82) is 0 Å². The normalized spacial score (nSPS) is 16.0. The second kappa shape index (κ2) is 19.0. The van der Waals surface area contributed by atoms with E-state index in [1.807, 2.05) is 19.1 Å². The molecule has 0 rings (SSSR count). The Balaban J connectivity index is 4.09. The molecule has 0 aromatic rings. The van der Waals surface area contributed by atoms with Crippen LogP contribution in [0.4, 0.5) is 0 Å². The lowest BCUT2D eigenvalue weighted by Gasteiger charge is -2.15. The maximum absolute atomic E-state index is 11.5. The van der Waals surface area contributed by atoms with Crippen molar-refractivity contribution in [2.75, 3.05) is 13.2 Å². The van der Waals surface area contributed by atoms with Gasteiger partial charge in [0.1, 0.15) is 6.10 Å². The van der Waals surface area contributed by atoms with Gasteiger partial charge in [0.15, 0.2) is 0 Å². The minimum absolute atomic E-state index is 0.0196. The van der Waals surface area contributed by atoms with Crippen LogP contribution in [0.25, 0.3) is 0 Å². The summed E-state index contributed by atoms with van der Waals surface area (Å²) in [4.78, 5) is 11.5. The molecule has 0 radical (unpaired) electrons. The van der Waals surface area contributed by atoms with E-state index in [9.17, 15) is 20.1 Å². The van der Waals surface area contributed by atoms with Crippen molar-refractivity contribution in [3.8, 4) is 0 Å². The quantitative estimate of drug-likeness (QED) is 0.145. The molecule has 170 valence electrons. The van der Waals surface area contributed by atoms with E-state index in [0.717, 1.165) is 6.42 Å². The fourth-order valence-corrected chi connectivity index (χ4v) is 2.24. The SMILES string of the molecule is CC/C=C\C[C@H](O)/C=C/C=C/C=C\C=C/[C@@H](O)[C@H](O)CCCC(=O)OC(CO)CO. The zero-order valence-corrected chi connectivity index (χ0v) is 17.6. The summed E-state index contributed by atoms with van der Waals surface area (Å²) in [6.45, 7) is 1.13. The molecule has 0 bridgehead atoms. The van der Waals surface area contributed by atoms with Crippen molar-refractivity contribution in [2.45, 2.75) is 63.4 Å². The summed E-state index contributed by atoms with van der Waals surface area (Å²) in [6.07, 6.45) is 16.0.